The van der Waals surface area contributed by atoms with E-state index in [0.717, 1.165) is 16.5 Å². The largest absolute Gasteiger partial charge is 0.464 e. The normalized spacial score (nSPS) is 11.6. The third-order valence-electron chi connectivity index (χ3n) is 7.92. The maximum absolute atomic E-state index is 6.18. The molecule has 0 saturated heterocycles. The molecule has 1 heteroatoms. The second-order valence-electron chi connectivity index (χ2n) is 10.1. The molecule has 0 fully saturated rings. The number of hydrogen-bond acceptors (Lipinski definition) is 1. The lowest BCUT2D eigenvalue weighted by molar-refractivity contribution is 0.617. The molecule has 0 atom stereocenters. The van der Waals surface area contributed by atoms with Crippen LogP contribution in [0, 0.1) is 0 Å². The molecule has 0 aliphatic heterocycles. The van der Waals surface area contributed by atoms with Gasteiger partial charge in [0.25, 0.3) is 0 Å². The molecule has 0 saturated carbocycles. The van der Waals surface area contributed by atoms with E-state index in [9.17, 15) is 0 Å². The van der Waals surface area contributed by atoms with E-state index in [1.54, 1.807) is 0 Å². The summed E-state index contributed by atoms with van der Waals surface area (Å²) < 4.78 is 6.18. The zero-order valence-electron chi connectivity index (χ0n) is 21.3. The lowest BCUT2D eigenvalue weighted by Crippen LogP contribution is -1.90. The predicted molar refractivity (Wildman–Crippen MR) is 165 cm³/mol. The fourth-order valence-corrected chi connectivity index (χ4v) is 6.10. The van der Waals surface area contributed by atoms with E-state index >= 15 is 0 Å². The lowest BCUT2D eigenvalue weighted by atomic mass is 9.85. The van der Waals surface area contributed by atoms with Crippen molar-refractivity contribution in [2.75, 3.05) is 0 Å². The Balaban J connectivity index is 1.41. The molecular weight excluding hydrogens is 472 g/mol. The van der Waals surface area contributed by atoms with Gasteiger partial charge in [-0.15, -0.1) is 0 Å². The topological polar surface area (TPSA) is 13.1 Å². The number of benzene rings is 7. The summed E-state index contributed by atoms with van der Waals surface area (Å²) in [4.78, 5) is 0. The molecule has 0 unspecified atom stereocenters. The first-order valence-electron chi connectivity index (χ1n) is 13.3. The van der Waals surface area contributed by atoms with Gasteiger partial charge in [-0.05, 0) is 66.7 Å². The molecule has 0 radical (unpaired) electrons. The van der Waals surface area contributed by atoms with Gasteiger partial charge in [0.1, 0.15) is 5.58 Å². The van der Waals surface area contributed by atoms with Gasteiger partial charge >= 0.3 is 0 Å². The minimum absolute atomic E-state index is 0.914. The van der Waals surface area contributed by atoms with E-state index in [0.29, 0.717) is 0 Å². The third-order valence-corrected chi connectivity index (χ3v) is 7.92. The maximum atomic E-state index is 6.18. The molecular formula is C38H24O. The first-order chi connectivity index (χ1) is 19.3. The summed E-state index contributed by atoms with van der Waals surface area (Å²) in [5.74, 6) is 0. The van der Waals surface area contributed by atoms with Crippen molar-refractivity contribution in [1.29, 1.82) is 0 Å². The highest BCUT2D eigenvalue weighted by molar-refractivity contribution is 6.23. The van der Waals surface area contributed by atoms with Crippen molar-refractivity contribution >= 4 is 43.3 Å². The van der Waals surface area contributed by atoms with Crippen molar-refractivity contribution in [1.82, 2.24) is 0 Å². The van der Waals surface area contributed by atoms with Crippen LogP contribution in [0.25, 0.3) is 76.7 Å². The summed E-state index contributed by atoms with van der Waals surface area (Å²) in [6.07, 6.45) is 1.94. The van der Waals surface area contributed by atoms with E-state index < -0.39 is 0 Å². The van der Waals surface area contributed by atoms with Crippen molar-refractivity contribution in [3.8, 4) is 33.4 Å². The van der Waals surface area contributed by atoms with Gasteiger partial charge in [0.2, 0.25) is 0 Å². The molecule has 1 aromatic heterocycles. The predicted octanol–water partition coefficient (Wildman–Crippen LogP) is 10.9. The lowest BCUT2D eigenvalue weighted by Gasteiger charge is -2.17. The summed E-state index contributed by atoms with van der Waals surface area (Å²) in [6, 6.07) is 50.0. The number of furan rings is 1. The zero-order valence-corrected chi connectivity index (χ0v) is 21.3. The summed E-state index contributed by atoms with van der Waals surface area (Å²) in [6.45, 7) is 0. The average molecular weight is 497 g/mol. The standard InChI is InChI=1S/C38H24O/c1-2-10-25(11-3-1)26-18-20-27(21-19-26)37-30-14-6-8-16-32(30)38(33-17-9-7-15-31(33)37)35-24-39-36-23-29-13-5-4-12-28(29)22-34(35)36/h1-24H. The third kappa shape index (κ3) is 3.48. The van der Waals surface area contributed by atoms with Crippen LogP contribution < -0.4 is 0 Å². The van der Waals surface area contributed by atoms with E-state index in [1.807, 2.05) is 6.26 Å². The summed E-state index contributed by atoms with van der Waals surface area (Å²) in [5.41, 5.74) is 8.21. The molecule has 1 heterocycles. The van der Waals surface area contributed by atoms with Gasteiger partial charge in [0.05, 0.1) is 6.26 Å². The van der Waals surface area contributed by atoms with E-state index in [4.69, 9.17) is 4.42 Å². The first kappa shape index (κ1) is 21.9. The van der Waals surface area contributed by atoms with Crippen molar-refractivity contribution in [3.63, 3.8) is 0 Å². The Morgan fingerprint density at radius 2 is 0.846 bits per heavy atom. The Kier molecular flexibility index (Phi) is 4.89. The van der Waals surface area contributed by atoms with Gasteiger partial charge in [-0.25, -0.2) is 0 Å². The van der Waals surface area contributed by atoms with Gasteiger partial charge in [0, 0.05) is 16.5 Å². The molecule has 39 heavy (non-hydrogen) atoms. The maximum Gasteiger partial charge on any atom is 0.135 e. The zero-order chi connectivity index (χ0) is 25.8. The van der Waals surface area contributed by atoms with Crippen LogP contribution in [0.15, 0.2) is 150 Å². The van der Waals surface area contributed by atoms with Crippen LogP contribution in [0.1, 0.15) is 0 Å². The average Bonchev–Trinajstić information content (AvgIpc) is 3.41. The molecule has 1 nitrogen and oxygen atoms in total. The Labute approximate surface area is 226 Å². The molecule has 182 valence electrons. The minimum atomic E-state index is 0.914. The molecule has 0 aliphatic carbocycles. The van der Waals surface area contributed by atoms with E-state index in [1.165, 1.54) is 60.1 Å². The second-order valence-corrected chi connectivity index (χ2v) is 10.1. The molecule has 0 N–H and O–H groups in total. The van der Waals surface area contributed by atoms with Crippen molar-refractivity contribution in [2.45, 2.75) is 0 Å². The Morgan fingerprint density at radius 3 is 1.49 bits per heavy atom. The number of rotatable bonds is 3. The summed E-state index contributed by atoms with van der Waals surface area (Å²) in [7, 11) is 0. The van der Waals surface area contributed by atoms with Crippen LogP contribution in [-0.4, -0.2) is 0 Å². The van der Waals surface area contributed by atoms with Crippen molar-refractivity contribution < 1.29 is 4.42 Å². The highest BCUT2D eigenvalue weighted by Crippen LogP contribution is 2.46. The fraction of sp³-hybridized carbons (Fsp3) is 0. The molecule has 8 aromatic rings. The fourth-order valence-electron chi connectivity index (χ4n) is 6.10. The van der Waals surface area contributed by atoms with Gasteiger partial charge in [-0.3, -0.25) is 0 Å². The Morgan fingerprint density at radius 1 is 0.359 bits per heavy atom. The van der Waals surface area contributed by atoms with Gasteiger partial charge in [-0.2, -0.15) is 0 Å². The van der Waals surface area contributed by atoms with Gasteiger partial charge < -0.3 is 4.42 Å². The quantitative estimate of drug-likeness (QED) is 0.222. The van der Waals surface area contributed by atoms with Gasteiger partial charge in [-0.1, -0.05) is 127 Å². The minimum Gasteiger partial charge on any atom is -0.464 e. The highest BCUT2D eigenvalue weighted by atomic mass is 16.3. The molecule has 7 aromatic carbocycles. The van der Waals surface area contributed by atoms with Crippen LogP contribution in [0.3, 0.4) is 0 Å². The Bertz CT molecular complexity index is 2090. The highest BCUT2D eigenvalue weighted by Gasteiger charge is 2.19. The second kappa shape index (κ2) is 8.72. The summed E-state index contributed by atoms with van der Waals surface area (Å²) in [5, 5.41) is 8.50. The van der Waals surface area contributed by atoms with E-state index in [-0.39, 0.29) is 0 Å². The number of hydrogen-bond donors (Lipinski definition) is 0. The molecule has 0 amide bonds. The van der Waals surface area contributed by atoms with Crippen LogP contribution in [-0.2, 0) is 0 Å². The SMILES string of the molecule is c1ccc(-c2ccc(-c3c4ccccc4c(-c4coc5cc6ccccc6cc45)c4ccccc34)cc2)cc1. The van der Waals surface area contributed by atoms with E-state index in [2.05, 4.69) is 140 Å². The van der Waals surface area contributed by atoms with Crippen LogP contribution in [0.5, 0.6) is 0 Å². The van der Waals surface area contributed by atoms with Crippen LogP contribution in [0.2, 0.25) is 0 Å². The van der Waals surface area contributed by atoms with Crippen LogP contribution >= 0.6 is 0 Å². The van der Waals surface area contributed by atoms with Crippen molar-refractivity contribution in [2.24, 2.45) is 0 Å². The molecule has 0 spiro atoms. The molecule has 0 aliphatic rings. The molecule has 8 rings (SSSR count). The number of fused-ring (bicyclic) bond motifs is 4. The first-order valence-corrected chi connectivity index (χ1v) is 13.3. The Hall–Kier alpha value is -5.14. The van der Waals surface area contributed by atoms with Gasteiger partial charge in [0.15, 0.2) is 0 Å². The summed E-state index contributed by atoms with van der Waals surface area (Å²) >= 11 is 0. The smallest absolute Gasteiger partial charge is 0.135 e. The van der Waals surface area contributed by atoms with Crippen molar-refractivity contribution in [3.05, 3.63) is 146 Å². The van der Waals surface area contributed by atoms with Crippen LogP contribution in [0.4, 0.5) is 0 Å². The molecule has 0 bridgehead atoms. The monoisotopic (exact) mass is 496 g/mol.